The number of carbonyl (C=O) groups is 1. The molecule has 7 heteroatoms. The predicted octanol–water partition coefficient (Wildman–Crippen LogP) is -1.13. The second-order valence-electron chi connectivity index (χ2n) is 1.01. The van der Waals surface area contributed by atoms with Crippen molar-refractivity contribution < 1.29 is 14.4 Å². The molecule has 0 saturated carbocycles. The molecule has 0 aromatic heterocycles. The second kappa shape index (κ2) is 3.96. The minimum Gasteiger partial charge on any atom is -0.348 e. The van der Waals surface area contributed by atoms with Gasteiger partial charge in [-0.25, -0.2) is 14.4 Å². The van der Waals surface area contributed by atoms with Crippen LogP contribution in [-0.4, -0.2) is 23.3 Å². The van der Waals surface area contributed by atoms with Gasteiger partial charge in [-0.15, -0.1) is 0 Å². The lowest BCUT2D eigenvalue weighted by Gasteiger charge is -1.97. The van der Waals surface area contributed by atoms with Gasteiger partial charge >= 0.3 is 6.03 Å². The second-order valence-corrected chi connectivity index (χ2v) is 1.01. The fourth-order valence-corrected chi connectivity index (χ4v) is 0.198. The maximum absolute atomic E-state index is 10.1. The van der Waals surface area contributed by atoms with Crippen LogP contribution < -0.4 is 5.73 Å². The van der Waals surface area contributed by atoms with Gasteiger partial charge < -0.3 is 5.73 Å². The number of amides is 2. The minimum atomic E-state index is -1.16. The van der Waals surface area contributed by atoms with E-state index in [2.05, 4.69) is 15.9 Å². The number of carbonyl (C=O) groups excluding carboxylic acids is 3. The molecule has 0 heterocycles. The Bertz CT molecular complexity index is 203. The molecule has 0 aliphatic rings. The van der Waals surface area contributed by atoms with Gasteiger partial charge in [-0.3, -0.25) is 0 Å². The summed E-state index contributed by atoms with van der Waals surface area (Å²) in [6.45, 7) is 0. The first-order valence-electron chi connectivity index (χ1n) is 1.97. The summed E-state index contributed by atoms with van der Waals surface area (Å²) >= 11 is 0. The third-order valence-corrected chi connectivity index (χ3v) is 0.468. The van der Waals surface area contributed by atoms with Crippen LogP contribution in [0.3, 0.4) is 0 Å². The van der Waals surface area contributed by atoms with Crippen molar-refractivity contribution in [1.82, 2.24) is 5.12 Å². The highest BCUT2D eigenvalue weighted by atomic mass is 16.2. The molecule has 7 nitrogen and oxygen atoms in total. The topological polar surface area (TPSA) is 105 Å². The molecule has 0 aromatic rings. The van der Waals surface area contributed by atoms with E-state index in [-0.39, 0.29) is 5.12 Å². The van der Waals surface area contributed by atoms with Crippen LogP contribution in [0.15, 0.2) is 10.2 Å². The SMILES string of the molecule is NC(=O)N(N=C=O)N=C=O. The van der Waals surface area contributed by atoms with Gasteiger partial charge in [0.15, 0.2) is 0 Å². The van der Waals surface area contributed by atoms with Crippen LogP contribution in [0, 0.1) is 0 Å². The molecule has 0 aliphatic carbocycles. The third-order valence-electron chi connectivity index (χ3n) is 0.468. The number of isocyanates is 2. The van der Waals surface area contributed by atoms with E-state index >= 15 is 0 Å². The zero-order valence-corrected chi connectivity index (χ0v) is 4.64. The van der Waals surface area contributed by atoms with Crippen molar-refractivity contribution in [3.05, 3.63) is 0 Å². The zero-order valence-electron chi connectivity index (χ0n) is 4.64. The van der Waals surface area contributed by atoms with E-state index in [0.29, 0.717) is 0 Å². The van der Waals surface area contributed by atoms with Gasteiger partial charge in [0.25, 0.3) is 12.2 Å². The Hall–Kier alpha value is -1.97. The maximum Gasteiger partial charge on any atom is 0.358 e. The van der Waals surface area contributed by atoms with Gasteiger partial charge in [-0.1, -0.05) is 15.3 Å². The Morgan fingerprint density at radius 1 is 1.30 bits per heavy atom. The number of nitrogens with two attached hydrogens (primary N) is 1. The molecule has 2 amide bonds. The van der Waals surface area contributed by atoms with Crippen molar-refractivity contribution in [3.63, 3.8) is 0 Å². The Balaban J connectivity index is 4.40. The molecule has 0 spiro atoms. The highest BCUT2D eigenvalue weighted by molar-refractivity contribution is 5.72. The highest BCUT2D eigenvalue weighted by Crippen LogP contribution is 1.84. The summed E-state index contributed by atoms with van der Waals surface area (Å²) in [7, 11) is 0. The van der Waals surface area contributed by atoms with Gasteiger partial charge in [0.1, 0.15) is 0 Å². The number of nitrogens with zero attached hydrogens (tertiary/aromatic N) is 3. The van der Waals surface area contributed by atoms with Gasteiger partial charge in [0.05, 0.1) is 0 Å². The largest absolute Gasteiger partial charge is 0.358 e. The quantitative estimate of drug-likeness (QED) is 0.299. The van der Waals surface area contributed by atoms with Crippen molar-refractivity contribution in [2.75, 3.05) is 0 Å². The van der Waals surface area contributed by atoms with E-state index < -0.39 is 6.03 Å². The molecule has 0 rings (SSSR count). The highest BCUT2D eigenvalue weighted by Gasteiger charge is 2.03. The van der Waals surface area contributed by atoms with E-state index in [1.54, 1.807) is 0 Å². The molecule has 2 N–H and O–H groups in total. The van der Waals surface area contributed by atoms with Crippen LogP contribution in [0.4, 0.5) is 4.79 Å². The molecular weight excluding hydrogens is 140 g/mol. The first kappa shape index (κ1) is 8.03. The summed E-state index contributed by atoms with van der Waals surface area (Å²) in [4.78, 5) is 29.0. The van der Waals surface area contributed by atoms with Crippen LogP contribution in [-0.2, 0) is 9.59 Å². The molecule has 0 aliphatic heterocycles. The lowest BCUT2D eigenvalue weighted by molar-refractivity contribution is 0.212. The van der Waals surface area contributed by atoms with E-state index in [1.807, 2.05) is 0 Å². The smallest absolute Gasteiger partial charge is 0.348 e. The number of hydrogen-bond donors (Lipinski definition) is 1. The molecular formula is C3H2N4O3. The van der Waals surface area contributed by atoms with Crippen molar-refractivity contribution in [2.45, 2.75) is 0 Å². The summed E-state index contributed by atoms with van der Waals surface area (Å²) in [5.41, 5.74) is 4.55. The summed E-state index contributed by atoms with van der Waals surface area (Å²) in [6.07, 6.45) is 1.92. The normalized spacial score (nSPS) is 6.80. The van der Waals surface area contributed by atoms with Crippen LogP contribution in [0.5, 0.6) is 0 Å². The lowest BCUT2D eigenvalue weighted by atomic mass is 11.1. The Labute approximate surface area is 54.8 Å². The molecule has 10 heavy (non-hydrogen) atoms. The molecule has 0 bridgehead atoms. The summed E-state index contributed by atoms with van der Waals surface area (Å²) in [5, 5.41) is 5.34. The summed E-state index contributed by atoms with van der Waals surface area (Å²) < 4.78 is 0. The Morgan fingerprint density at radius 2 is 1.70 bits per heavy atom. The van der Waals surface area contributed by atoms with Gasteiger partial charge in [-0.05, 0) is 0 Å². The molecule has 0 saturated heterocycles. The van der Waals surface area contributed by atoms with E-state index in [9.17, 15) is 14.4 Å². The molecule has 52 valence electrons. The van der Waals surface area contributed by atoms with Crippen LogP contribution in [0.2, 0.25) is 0 Å². The Morgan fingerprint density at radius 3 is 1.90 bits per heavy atom. The maximum atomic E-state index is 10.1. The number of primary amides is 1. The van der Waals surface area contributed by atoms with Gasteiger partial charge in [-0.2, -0.15) is 0 Å². The van der Waals surface area contributed by atoms with E-state index in [0.717, 1.165) is 12.2 Å². The van der Waals surface area contributed by atoms with Gasteiger partial charge in [0, 0.05) is 0 Å². The number of rotatable bonds is 2. The van der Waals surface area contributed by atoms with Crippen molar-refractivity contribution in [3.8, 4) is 0 Å². The van der Waals surface area contributed by atoms with Crippen molar-refractivity contribution in [2.24, 2.45) is 15.9 Å². The number of hydrazone groups is 2. The first-order valence-corrected chi connectivity index (χ1v) is 1.97. The van der Waals surface area contributed by atoms with Crippen LogP contribution in [0.25, 0.3) is 0 Å². The fourth-order valence-electron chi connectivity index (χ4n) is 0.198. The Kier molecular flexibility index (Phi) is 3.18. The predicted molar refractivity (Wildman–Crippen MR) is 27.7 cm³/mol. The molecule has 0 unspecified atom stereocenters. The minimum absolute atomic E-state index is 0.0694. The van der Waals surface area contributed by atoms with Crippen molar-refractivity contribution >= 4 is 18.2 Å². The average Bonchev–Trinajstić information content (AvgIpc) is 1.87. The lowest BCUT2D eigenvalue weighted by Crippen LogP contribution is -2.26. The molecule has 0 radical (unpaired) electrons. The zero-order chi connectivity index (χ0) is 7.98. The monoisotopic (exact) mass is 142 g/mol. The number of urea groups is 1. The van der Waals surface area contributed by atoms with Crippen LogP contribution >= 0.6 is 0 Å². The third kappa shape index (κ3) is 2.37. The number of hydrogen-bond acceptors (Lipinski definition) is 5. The first-order chi connectivity index (χ1) is 4.72. The van der Waals surface area contributed by atoms with E-state index in [4.69, 9.17) is 0 Å². The summed E-state index contributed by atoms with van der Waals surface area (Å²) in [5.74, 6) is 0. The van der Waals surface area contributed by atoms with Crippen molar-refractivity contribution in [1.29, 1.82) is 0 Å². The molecule has 0 aromatic carbocycles. The summed E-state index contributed by atoms with van der Waals surface area (Å²) in [6, 6.07) is -1.16. The molecule has 0 atom stereocenters. The van der Waals surface area contributed by atoms with E-state index in [1.165, 1.54) is 0 Å². The van der Waals surface area contributed by atoms with Gasteiger partial charge in [0.2, 0.25) is 0 Å². The average molecular weight is 142 g/mol. The standard InChI is InChI=1S/C3H2N4O3/c4-3(10)7(5-1-8)6-2-9/h(H2,4,10). The van der Waals surface area contributed by atoms with Crippen LogP contribution in [0.1, 0.15) is 0 Å². The fraction of sp³-hybridized carbons (Fsp3) is 0. The molecule has 0 fully saturated rings.